The third-order valence-electron chi connectivity index (χ3n) is 3.54. The van der Waals surface area contributed by atoms with E-state index in [1.165, 1.54) is 0 Å². The highest BCUT2D eigenvalue weighted by Gasteiger charge is 2.54. The molecule has 1 N–H and O–H groups in total. The molecular weight excluding hydrogens is 205 g/mol. The molecule has 2 heterocycles. The summed E-state index contributed by atoms with van der Waals surface area (Å²) in [5, 5.41) is 3.39. The maximum atomic E-state index is 6.03. The molecular formula is C11H20BNO3. The van der Waals surface area contributed by atoms with Crippen LogP contribution in [-0.2, 0) is 14.2 Å². The maximum Gasteiger partial charge on any atom is 0.118 e. The normalized spacial score (nSPS) is 43.2. The Labute approximate surface area is 98.4 Å². The second-order valence-corrected chi connectivity index (χ2v) is 4.57. The fraction of sp³-hybridized carbons (Fsp3) is 1.00. The van der Waals surface area contributed by atoms with Crippen molar-refractivity contribution >= 4 is 7.85 Å². The van der Waals surface area contributed by atoms with Gasteiger partial charge in [0.1, 0.15) is 13.4 Å². The first-order valence-corrected chi connectivity index (χ1v) is 5.98. The first kappa shape index (κ1) is 12.4. The highest BCUT2D eigenvalue weighted by atomic mass is 16.6. The second kappa shape index (κ2) is 5.04. The molecule has 4 atom stereocenters. The van der Waals surface area contributed by atoms with Crippen LogP contribution in [0.1, 0.15) is 13.3 Å². The molecule has 2 saturated heterocycles. The Kier molecular flexibility index (Phi) is 3.90. The monoisotopic (exact) mass is 225 g/mol. The van der Waals surface area contributed by atoms with Crippen LogP contribution in [0.2, 0.25) is 0 Å². The molecule has 2 bridgehead atoms. The third-order valence-corrected chi connectivity index (χ3v) is 3.54. The van der Waals surface area contributed by atoms with Crippen LogP contribution in [0.4, 0.5) is 0 Å². The summed E-state index contributed by atoms with van der Waals surface area (Å²) in [7, 11) is 7.72. The van der Waals surface area contributed by atoms with Gasteiger partial charge in [-0.05, 0) is 19.9 Å². The van der Waals surface area contributed by atoms with Crippen molar-refractivity contribution in [3.8, 4) is 0 Å². The lowest BCUT2D eigenvalue weighted by Crippen LogP contribution is -2.47. The molecule has 0 aromatic rings. The van der Waals surface area contributed by atoms with Gasteiger partial charge >= 0.3 is 0 Å². The van der Waals surface area contributed by atoms with Gasteiger partial charge in [-0.15, -0.1) is 0 Å². The number of hydrogen-bond acceptors (Lipinski definition) is 4. The molecule has 0 amide bonds. The van der Waals surface area contributed by atoms with Crippen LogP contribution in [0.5, 0.6) is 0 Å². The quantitative estimate of drug-likeness (QED) is 0.679. The minimum absolute atomic E-state index is 0.0439. The van der Waals surface area contributed by atoms with Crippen molar-refractivity contribution in [1.82, 2.24) is 5.32 Å². The highest BCUT2D eigenvalue weighted by molar-refractivity contribution is 6.11. The Balaban J connectivity index is 2.21. The van der Waals surface area contributed by atoms with Crippen molar-refractivity contribution in [2.75, 3.05) is 33.4 Å². The zero-order valence-electron chi connectivity index (χ0n) is 10.1. The molecule has 16 heavy (non-hydrogen) atoms. The molecule has 0 saturated carbocycles. The molecule has 2 radical (unpaired) electrons. The average Bonchev–Trinajstić information content (AvgIpc) is 2.40. The van der Waals surface area contributed by atoms with Gasteiger partial charge in [-0.3, -0.25) is 0 Å². The van der Waals surface area contributed by atoms with Gasteiger partial charge in [0.15, 0.2) is 0 Å². The van der Waals surface area contributed by atoms with Crippen molar-refractivity contribution in [2.24, 2.45) is 5.92 Å². The zero-order valence-corrected chi connectivity index (χ0v) is 10.1. The molecule has 5 heteroatoms. The summed E-state index contributed by atoms with van der Waals surface area (Å²) in [6.07, 6.45) is 0.929. The van der Waals surface area contributed by atoms with Crippen molar-refractivity contribution < 1.29 is 14.2 Å². The van der Waals surface area contributed by atoms with Gasteiger partial charge in [0, 0.05) is 32.2 Å². The van der Waals surface area contributed by atoms with E-state index < -0.39 is 0 Å². The molecule has 0 aliphatic carbocycles. The lowest BCUT2D eigenvalue weighted by atomic mass is 9.81. The van der Waals surface area contributed by atoms with E-state index in [0.717, 1.165) is 19.5 Å². The highest BCUT2D eigenvalue weighted by Crippen LogP contribution is 2.40. The van der Waals surface area contributed by atoms with Gasteiger partial charge < -0.3 is 19.5 Å². The van der Waals surface area contributed by atoms with Crippen LogP contribution < -0.4 is 5.32 Å². The molecule has 0 spiro atoms. The van der Waals surface area contributed by atoms with E-state index in [1.807, 2.05) is 6.92 Å². The third kappa shape index (κ3) is 2.01. The zero-order chi connectivity index (χ0) is 11.6. The summed E-state index contributed by atoms with van der Waals surface area (Å²) >= 11 is 0. The Hall–Kier alpha value is -0.0951. The van der Waals surface area contributed by atoms with E-state index in [2.05, 4.69) is 5.32 Å². The van der Waals surface area contributed by atoms with Crippen molar-refractivity contribution in [2.45, 2.75) is 31.1 Å². The first-order chi connectivity index (χ1) is 7.73. The van der Waals surface area contributed by atoms with Gasteiger partial charge in [-0.1, -0.05) is 0 Å². The van der Waals surface area contributed by atoms with E-state index >= 15 is 0 Å². The molecule has 2 aliphatic heterocycles. The molecule has 2 fully saturated rings. The molecule has 4 nitrogen and oxygen atoms in total. The topological polar surface area (TPSA) is 39.7 Å². The van der Waals surface area contributed by atoms with Crippen molar-refractivity contribution in [3.05, 3.63) is 0 Å². The molecule has 2 rings (SSSR count). The fourth-order valence-electron chi connectivity index (χ4n) is 2.87. The standard InChI is InChI=1S/C11H20BNO3/c1-3-15-9-8-6-13-5-4-11(9,7-14-2)16-10(8)12/h8-10,13H,3-7H2,1-2H3/t8?,9-,10+,11-/m0/s1. The summed E-state index contributed by atoms with van der Waals surface area (Å²) in [5.41, 5.74) is -0.363. The van der Waals surface area contributed by atoms with E-state index in [0.29, 0.717) is 13.2 Å². The van der Waals surface area contributed by atoms with Crippen molar-refractivity contribution in [3.63, 3.8) is 0 Å². The van der Waals surface area contributed by atoms with Gasteiger partial charge in [-0.25, -0.2) is 0 Å². The van der Waals surface area contributed by atoms with Crippen LogP contribution in [0.15, 0.2) is 0 Å². The summed E-state index contributed by atoms with van der Waals surface area (Å²) in [4.78, 5) is 0. The Bertz CT molecular complexity index is 241. The lowest BCUT2D eigenvalue weighted by Gasteiger charge is -2.33. The Morgan fingerprint density at radius 1 is 1.56 bits per heavy atom. The Morgan fingerprint density at radius 3 is 3.06 bits per heavy atom. The predicted molar refractivity (Wildman–Crippen MR) is 61.6 cm³/mol. The molecule has 0 aromatic carbocycles. The summed E-state index contributed by atoms with van der Waals surface area (Å²) in [5.74, 6) is 0.220. The minimum Gasteiger partial charge on any atom is -0.382 e. The number of rotatable bonds is 4. The van der Waals surface area contributed by atoms with Crippen LogP contribution in [0.25, 0.3) is 0 Å². The molecule has 0 aromatic heterocycles. The van der Waals surface area contributed by atoms with Crippen LogP contribution in [0, 0.1) is 5.92 Å². The number of hydrogen-bond donors (Lipinski definition) is 1. The molecule has 2 aliphatic rings. The van der Waals surface area contributed by atoms with E-state index in [1.54, 1.807) is 7.11 Å². The number of nitrogens with one attached hydrogen (secondary N) is 1. The second-order valence-electron chi connectivity index (χ2n) is 4.57. The van der Waals surface area contributed by atoms with Gasteiger partial charge in [0.25, 0.3) is 0 Å². The van der Waals surface area contributed by atoms with Crippen molar-refractivity contribution in [1.29, 1.82) is 0 Å². The minimum atomic E-state index is -0.363. The van der Waals surface area contributed by atoms with E-state index in [4.69, 9.17) is 22.1 Å². The average molecular weight is 225 g/mol. The van der Waals surface area contributed by atoms with Gasteiger partial charge in [-0.2, -0.15) is 0 Å². The summed E-state index contributed by atoms with van der Waals surface area (Å²) in [6.45, 7) is 5.02. The molecule has 1 unspecified atom stereocenters. The Morgan fingerprint density at radius 2 is 2.38 bits per heavy atom. The summed E-state index contributed by atoms with van der Waals surface area (Å²) < 4.78 is 17.1. The number of fused-ring (bicyclic) bond motifs is 2. The number of ether oxygens (including phenoxy) is 3. The lowest BCUT2D eigenvalue weighted by molar-refractivity contribution is -0.126. The predicted octanol–water partition coefficient (Wildman–Crippen LogP) is -0.0890. The summed E-state index contributed by atoms with van der Waals surface area (Å²) in [6, 6.07) is -0.250. The van der Waals surface area contributed by atoms with Gasteiger partial charge in [0.2, 0.25) is 0 Å². The van der Waals surface area contributed by atoms with E-state index in [9.17, 15) is 0 Å². The van der Waals surface area contributed by atoms with Crippen LogP contribution in [0.3, 0.4) is 0 Å². The van der Waals surface area contributed by atoms with E-state index in [-0.39, 0.29) is 23.6 Å². The smallest absolute Gasteiger partial charge is 0.118 e. The fourth-order valence-corrected chi connectivity index (χ4v) is 2.87. The molecule has 90 valence electrons. The van der Waals surface area contributed by atoms with Gasteiger partial charge in [0.05, 0.1) is 12.7 Å². The number of methoxy groups -OCH3 is 1. The van der Waals surface area contributed by atoms with Crippen LogP contribution in [-0.4, -0.2) is 59.0 Å². The maximum absolute atomic E-state index is 6.03. The van der Waals surface area contributed by atoms with Crippen LogP contribution >= 0.6 is 0 Å². The first-order valence-electron chi connectivity index (χ1n) is 5.98. The SMILES string of the molecule is [B][C@@H]1O[C@]2(COC)CCNCC1[C@@H]2OCC. The largest absolute Gasteiger partial charge is 0.382 e.